The van der Waals surface area contributed by atoms with Crippen LogP contribution in [0.5, 0.6) is 0 Å². The highest BCUT2D eigenvalue weighted by Gasteiger charge is 2.58. The van der Waals surface area contributed by atoms with Gasteiger partial charge in [-0.25, -0.2) is 4.98 Å². The Kier molecular flexibility index (Phi) is 8.57. The van der Waals surface area contributed by atoms with E-state index in [1.807, 2.05) is 4.90 Å². The molecule has 16 heteroatoms. The van der Waals surface area contributed by atoms with Crippen LogP contribution in [-0.2, 0) is 24.6 Å². The number of carbonyl (C=O) groups excluding carboxylic acids is 3. The molecule has 46 heavy (non-hydrogen) atoms. The van der Waals surface area contributed by atoms with Gasteiger partial charge in [-0.05, 0) is 61.9 Å². The SMILES string of the molecule is Cl.Cn1c(-c2cn(CC3CC3)nc2C(F)(F)F)cnc1C(=O)Nc1ccc(C(=O)N2CCN(C(=O)C3[C@H]4CNC[C@@H]34)CC2)c(Cl)c1. The van der Waals surface area contributed by atoms with Crippen LogP contribution in [0.15, 0.2) is 30.6 Å². The van der Waals surface area contributed by atoms with E-state index < -0.39 is 17.8 Å². The third-order valence-electron chi connectivity index (χ3n) is 9.35. The fourth-order valence-electron chi connectivity index (χ4n) is 6.60. The van der Waals surface area contributed by atoms with Gasteiger partial charge in [-0.3, -0.25) is 19.1 Å². The molecule has 2 saturated carbocycles. The molecule has 2 N–H and O–H groups in total. The van der Waals surface area contributed by atoms with Crippen molar-refractivity contribution >= 4 is 47.4 Å². The molecule has 0 spiro atoms. The molecule has 4 fully saturated rings. The number of fused-ring (bicyclic) bond motifs is 1. The number of rotatable bonds is 7. The van der Waals surface area contributed by atoms with E-state index in [9.17, 15) is 27.6 Å². The van der Waals surface area contributed by atoms with E-state index in [-0.39, 0.29) is 57.8 Å². The van der Waals surface area contributed by atoms with Gasteiger partial charge in [0.05, 0.1) is 28.0 Å². The van der Waals surface area contributed by atoms with Crippen molar-refractivity contribution in [1.29, 1.82) is 0 Å². The second kappa shape index (κ2) is 12.2. The number of hydrogen-bond acceptors (Lipinski definition) is 6. The van der Waals surface area contributed by atoms with Gasteiger partial charge in [-0.15, -0.1) is 12.4 Å². The molecule has 2 aliphatic heterocycles. The molecule has 11 nitrogen and oxygen atoms in total. The first-order valence-electron chi connectivity index (χ1n) is 15.1. The van der Waals surface area contributed by atoms with Crippen molar-refractivity contribution < 1.29 is 27.6 Å². The number of hydrogen-bond donors (Lipinski definition) is 2. The molecule has 1 unspecified atom stereocenters. The van der Waals surface area contributed by atoms with Crippen LogP contribution in [-0.4, -0.2) is 86.1 Å². The van der Waals surface area contributed by atoms with Crippen LogP contribution in [0.3, 0.4) is 0 Å². The fraction of sp³-hybridized carbons (Fsp3) is 0.500. The molecule has 0 radical (unpaired) electrons. The van der Waals surface area contributed by atoms with Crippen molar-refractivity contribution in [2.75, 3.05) is 44.6 Å². The zero-order valence-electron chi connectivity index (χ0n) is 24.9. The molecule has 3 atom stereocenters. The average molecular weight is 682 g/mol. The van der Waals surface area contributed by atoms with Gasteiger partial charge in [0.2, 0.25) is 5.91 Å². The van der Waals surface area contributed by atoms with Crippen LogP contribution in [0.4, 0.5) is 18.9 Å². The highest BCUT2D eigenvalue weighted by atomic mass is 35.5. The lowest BCUT2D eigenvalue weighted by molar-refractivity contribution is -0.141. The lowest BCUT2D eigenvalue weighted by atomic mass is 10.1. The summed E-state index contributed by atoms with van der Waals surface area (Å²) in [4.78, 5) is 46.8. The van der Waals surface area contributed by atoms with Gasteiger partial charge in [0, 0.05) is 57.6 Å². The highest BCUT2D eigenvalue weighted by Crippen LogP contribution is 2.49. The van der Waals surface area contributed by atoms with Gasteiger partial charge < -0.3 is 25.0 Å². The maximum atomic E-state index is 13.8. The molecule has 2 aromatic heterocycles. The quantitative estimate of drug-likeness (QED) is 0.392. The number of benzene rings is 1. The zero-order chi connectivity index (χ0) is 31.6. The number of carbonyl (C=O) groups is 3. The van der Waals surface area contributed by atoms with Gasteiger partial charge in [-0.2, -0.15) is 18.3 Å². The second-order valence-electron chi connectivity index (χ2n) is 12.4. The first-order chi connectivity index (χ1) is 21.5. The molecule has 2 aliphatic carbocycles. The number of piperidine rings is 1. The zero-order valence-corrected chi connectivity index (χ0v) is 26.5. The van der Waals surface area contributed by atoms with Crippen molar-refractivity contribution in [3.63, 3.8) is 0 Å². The Morgan fingerprint density at radius 3 is 2.37 bits per heavy atom. The fourth-order valence-corrected chi connectivity index (χ4v) is 6.86. The number of nitrogens with one attached hydrogen (secondary N) is 2. The standard InChI is InChI=1S/C30H32ClF3N8O3.ClH/c1-39-23(21-15-42(14-16-2-3-16)38-25(21)30(32,33)34)13-36-26(39)27(43)37-17-4-5-18(22(31)10-17)28(44)40-6-8-41(9-7-40)29(45)24-19-11-35-12-20(19)24;/h4-5,10,13,15-16,19-20,24,35H,2-3,6-9,11-12,14H2,1H3,(H,37,43);1H/t19-,20+,24?;. The summed E-state index contributed by atoms with van der Waals surface area (Å²) in [5, 5.41) is 9.88. The molecule has 4 heterocycles. The Labute approximate surface area is 273 Å². The summed E-state index contributed by atoms with van der Waals surface area (Å²) in [5.74, 6) is 0.464. The van der Waals surface area contributed by atoms with Crippen molar-refractivity contribution in [1.82, 2.24) is 34.4 Å². The van der Waals surface area contributed by atoms with Gasteiger partial charge >= 0.3 is 6.18 Å². The van der Waals surface area contributed by atoms with Crippen molar-refractivity contribution in [2.24, 2.45) is 30.7 Å². The minimum atomic E-state index is -4.68. The first-order valence-corrected chi connectivity index (χ1v) is 15.4. The van der Waals surface area contributed by atoms with Crippen LogP contribution < -0.4 is 10.6 Å². The third-order valence-corrected chi connectivity index (χ3v) is 9.67. The predicted octanol–water partition coefficient (Wildman–Crippen LogP) is 3.79. The Hall–Kier alpha value is -3.62. The van der Waals surface area contributed by atoms with Gasteiger partial charge in [0.1, 0.15) is 0 Å². The lowest BCUT2D eigenvalue weighted by Crippen LogP contribution is -2.51. The summed E-state index contributed by atoms with van der Waals surface area (Å²) in [7, 11) is 1.46. The van der Waals surface area contributed by atoms with Crippen LogP contribution >= 0.6 is 24.0 Å². The summed E-state index contributed by atoms with van der Waals surface area (Å²) in [6, 6.07) is 4.49. The van der Waals surface area contributed by atoms with Crippen LogP contribution in [0.2, 0.25) is 5.02 Å². The minimum absolute atomic E-state index is 0. The number of piperazine rings is 1. The number of amides is 3. The Morgan fingerprint density at radius 2 is 1.74 bits per heavy atom. The van der Waals surface area contributed by atoms with Gasteiger partial charge in [-0.1, -0.05) is 11.6 Å². The maximum absolute atomic E-state index is 13.8. The van der Waals surface area contributed by atoms with E-state index in [1.165, 1.54) is 46.9 Å². The molecular formula is C30H33Cl2F3N8O3. The van der Waals surface area contributed by atoms with Crippen LogP contribution in [0, 0.1) is 23.7 Å². The number of nitrogens with zero attached hydrogens (tertiary/aromatic N) is 6. The molecule has 3 amide bonds. The van der Waals surface area contributed by atoms with Crippen LogP contribution in [0.1, 0.15) is 39.5 Å². The monoisotopic (exact) mass is 680 g/mol. The normalized spacial score (nSPS) is 22.3. The van der Waals surface area contributed by atoms with E-state index in [0.29, 0.717) is 56.2 Å². The smallest absolute Gasteiger partial charge is 0.339 e. The van der Waals surface area contributed by atoms with Crippen molar-refractivity contribution in [2.45, 2.75) is 25.6 Å². The van der Waals surface area contributed by atoms with Crippen LogP contribution in [0.25, 0.3) is 11.3 Å². The molecule has 3 aromatic rings. The molecule has 4 aliphatic rings. The Bertz CT molecular complexity index is 1670. The molecular weight excluding hydrogens is 648 g/mol. The number of aromatic nitrogens is 4. The summed E-state index contributed by atoms with van der Waals surface area (Å²) in [5.41, 5.74) is -0.521. The lowest BCUT2D eigenvalue weighted by Gasteiger charge is -2.35. The first kappa shape index (κ1) is 32.3. The molecule has 2 saturated heterocycles. The van der Waals surface area contributed by atoms with E-state index in [4.69, 9.17) is 11.6 Å². The largest absolute Gasteiger partial charge is 0.435 e. The second-order valence-corrected chi connectivity index (χ2v) is 12.8. The summed E-state index contributed by atoms with van der Waals surface area (Å²) >= 11 is 6.47. The summed E-state index contributed by atoms with van der Waals surface area (Å²) in [6.07, 6.45) is -0.180. The van der Waals surface area contributed by atoms with Gasteiger partial charge in [0.15, 0.2) is 11.5 Å². The highest BCUT2D eigenvalue weighted by molar-refractivity contribution is 6.34. The molecule has 1 aromatic carbocycles. The Balaban J connectivity index is 0.00000372. The maximum Gasteiger partial charge on any atom is 0.435 e. The number of alkyl halides is 3. The van der Waals surface area contributed by atoms with E-state index in [1.54, 1.807) is 4.90 Å². The van der Waals surface area contributed by atoms with E-state index in [0.717, 1.165) is 25.9 Å². The predicted molar refractivity (Wildman–Crippen MR) is 165 cm³/mol. The average Bonchev–Trinajstić information content (AvgIpc) is 3.75. The van der Waals surface area contributed by atoms with E-state index in [2.05, 4.69) is 20.7 Å². The van der Waals surface area contributed by atoms with Gasteiger partial charge in [0.25, 0.3) is 11.8 Å². The number of halogens is 5. The third kappa shape index (κ3) is 6.09. The molecule has 0 bridgehead atoms. The number of anilines is 1. The van der Waals surface area contributed by atoms with E-state index >= 15 is 0 Å². The molecule has 7 rings (SSSR count). The van der Waals surface area contributed by atoms with Crippen molar-refractivity contribution in [3.05, 3.63) is 52.7 Å². The number of imidazole rings is 1. The summed E-state index contributed by atoms with van der Waals surface area (Å²) < 4.78 is 44.0. The van der Waals surface area contributed by atoms with Crippen molar-refractivity contribution in [3.8, 4) is 11.3 Å². The minimum Gasteiger partial charge on any atom is -0.339 e. The summed E-state index contributed by atoms with van der Waals surface area (Å²) in [6.45, 7) is 3.93. The Morgan fingerprint density at radius 1 is 1.07 bits per heavy atom. The topological polar surface area (TPSA) is 117 Å². The molecule has 246 valence electrons.